The molecule has 0 bridgehead atoms. The Hall–Kier alpha value is -1.65. The maximum Gasteiger partial charge on any atom is 0.171 e. The van der Waals surface area contributed by atoms with E-state index in [-0.39, 0.29) is 0 Å². The van der Waals surface area contributed by atoms with Crippen LogP contribution in [0.5, 0.6) is 0 Å². The van der Waals surface area contributed by atoms with Gasteiger partial charge >= 0.3 is 0 Å². The zero-order chi connectivity index (χ0) is 26.4. The fourth-order valence-corrected chi connectivity index (χ4v) is 6.78. The van der Waals surface area contributed by atoms with E-state index in [2.05, 4.69) is 45.2 Å². The summed E-state index contributed by atoms with van der Waals surface area (Å²) in [5, 5.41) is -0.464. The van der Waals surface area contributed by atoms with Gasteiger partial charge in [0.2, 0.25) is 0 Å². The number of hydrogen-bond acceptors (Lipinski definition) is 2. The zero-order valence-electron chi connectivity index (χ0n) is 19.4. The maximum absolute atomic E-state index is 14.4. The number of hydrogen-bond donors (Lipinski definition) is 0. The van der Waals surface area contributed by atoms with E-state index in [4.69, 9.17) is 23.2 Å². The number of benzene rings is 4. The van der Waals surface area contributed by atoms with Crippen LogP contribution in [0.15, 0.2) is 109 Å². The van der Waals surface area contributed by atoms with Crippen LogP contribution in [-0.4, -0.2) is 8.42 Å². The molecule has 7 heteroatoms. The minimum Gasteiger partial charge on any atom is -0.227 e. The molecule has 0 aliphatic rings. The van der Waals surface area contributed by atoms with Gasteiger partial charge in [0.15, 0.2) is 9.84 Å². The van der Waals surface area contributed by atoms with Crippen LogP contribution in [0, 0.1) is 7.14 Å². The summed E-state index contributed by atoms with van der Waals surface area (Å²) in [6.45, 7) is 0. The van der Waals surface area contributed by atoms with Crippen LogP contribution >= 0.6 is 68.4 Å². The van der Waals surface area contributed by atoms with Gasteiger partial charge in [0, 0.05) is 17.2 Å². The second-order valence-electron chi connectivity index (χ2n) is 8.35. The van der Waals surface area contributed by atoms with Gasteiger partial charge in [0.25, 0.3) is 0 Å². The van der Waals surface area contributed by atoms with Crippen molar-refractivity contribution in [2.24, 2.45) is 0 Å². The molecule has 4 aromatic rings. The standard InChI is InChI=1S/C30H22Cl2I2O2S/c31-25-11-1-21(2-12-25)5-19-29(23-7-15-27(33)16-8-23)37(35,36)30(24-9-17-28(34)18-10-24)20-6-22-3-13-26(32)14-4-22/h1-20,29-30H/b19-5+,20-6+. The van der Waals surface area contributed by atoms with Gasteiger partial charge in [-0.15, -0.1) is 0 Å². The molecule has 0 heterocycles. The van der Waals surface area contributed by atoms with E-state index in [1.165, 1.54) is 0 Å². The Morgan fingerprint density at radius 3 is 1.19 bits per heavy atom. The summed E-state index contributed by atoms with van der Waals surface area (Å²) < 4.78 is 30.9. The monoisotopic (exact) mass is 770 g/mol. The molecule has 0 saturated heterocycles. The molecule has 0 spiro atoms. The Balaban J connectivity index is 1.81. The molecule has 0 amide bonds. The van der Waals surface area contributed by atoms with Gasteiger partial charge < -0.3 is 0 Å². The van der Waals surface area contributed by atoms with Crippen LogP contribution in [0.1, 0.15) is 32.8 Å². The van der Waals surface area contributed by atoms with E-state index >= 15 is 0 Å². The van der Waals surface area contributed by atoms with Crippen molar-refractivity contribution < 1.29 is 8.42 Å². The quantitative estimate of drug-likeness (QED) is 0.167. The fourth-order valence-electron chi connectivity index (χ4n) is 3.83. The topological polar surface area (TPSA) is 34.1 Å². The molecule has 0 aliphatic carbocycles. The molecule has 37 heavy (non-hydrogen) atoms. The summed E-state index contributed by atoms with van der Waals surface area (Å²) in [6.07, 6.45) is 7.20. The molecule has 0 fully saturated rings. The molecule has 2 atom stereocenters. The molecule has 2 nitrogen and oxygen atoms in total. The van der Waals surface area contributed by atoms with E-state index in [1.807, 2.05) is 84.9 Å². The summed E-state index contributed by atoms with van der Waals surface area (Å²) in [7, 11) is -3.78. The molecule has 0 aliphatic heterocycles. The Morgan fingerprint density at radius 1 is 0.541 bits per heavy atom. The lowest BCUT2D eigenvalue weighted by atomic mass is 10.1. The molecular formula is C30H22Cl2I2O2S. The lowest BCUT2D eigenvalue weighted by Crippen LogP contribution is -2.19. The fraction of sp³-hybridized carbons (Fsp3) is 0.0667. The molecule has 0 radical (unpaired) electrons. The van der Waals surface area contributed by atoms with Gasteiger partial charge in [0.1, 0.15) is 10.5 Å². The zero-order valence-corrected chi connectivity index (χ0v) is 26.1. The molecule has 4 aromatic carbocycles. The highest BCUT2D eigenvalue weighted by Gasteiger charge is 2.33. The Kier molecular flexibility index (Phi) is 9.91. The van der Waals surface area contributed by atoms with Crippen molar-refractivity contribution in [3.05, 3.63) is 149 Å². The lowest BCUT2D eigenvalue weighted by molar-refractivity contribution is 0.584. The molecule has 4 rings (SSSR count). The first kappa shape index (κ1) is 28.4. The summed E-state index contributed by atoms with van der Waals surface area (Å²) >= 11 is 16.5. The van der Waals surface area contributed by atoms with Crippen molar-refractivity contribution in [2.45, 2.75) is 10.5 Å². The summed E-state index contributed by atoms with van der Waals surface area (Å²) in [4.78, 5) is 0. The third-order valence-corrected chi connectivity index (χ3v) is 9.99. The normalized spacial score (nSPS) is 13.7. The largest absolute Gasteiger partial charge is 0.227 e. The average molecular weight is 771 g/mol. The Bertz CT molecular complexity index is 1390. The number of sulfone groups is 1. The van der Waals surface area contributed by atoms with Crippen molar-refractivity contribution in [2.75, 3.05) is 0 Å². The SMILES string of the molecule is O=S(=O)(C(/C=C/c1ccc(Cl)cc1)c1ccc(I)cc1)C(/C=C/c1ccc(Cl)cc1)c1ccc(I)cc1. The van der Waals surface area contributed by atoms with Crippen LogP contribution in [0.4, 0.5) is 0 Å². The van der Waals surface area contributed by atoms with Crippen LogP contribution in [-0.2, 0) is 9.84 Å². The van der Waals surface area contributed by atoms with E-state index in [0.717, 1.165) is 18.3 Å². The van der Waals surface area contributed by atoms with Gasteiger partial charge in [-0.1, -0.05) is 96.0 Å². The average Bonchev–Trinajstić information content (AvgIpc) is 2.88. The van der Waals surface area contributed by atoms with Crippen LogP contribution in [0.2, 0.25) is 10.0 Å². The lowest BCUT2D eigenvalue weighted by Gasteiger charge is -2.22. The number of rotatable bonds is 8. The van der Waals surface area contributed by atoms with Crippen LogP contribution in [0.3, 0.4) is 0 Å². The molecular weight excluding hydrogens is 749 g/mol. The number of halogens is 4. The first-order valence-corrected chi connectivity index (χ1v) is 15.9. The first-order chi connectivity index (χ1) is 17.7. The second-order valence-corrected chi connectivity index (χ2v) is 13.9. The van der Waals surface area contributed by atoms with Crippen molar-refractivity contribution in [1.29, 1.82) is 0 Å². The highest BCUT2D eigenvalue weighted by molar-refractivity contribution is 14.1. The molecule has 188 valence electrons. The van der Waals surface area contributed by atoms with Crippen molar-refractivity contribution in [1.82, 2.24) is 0 Å². The molecule has 0 aromatic heterocycles. The van der Waals surface area contributed by atoms with E-state index < -0.39 is 20.3 Å². The van der Waals surface area contributed by atoms with Gasteiger partial charge in [-0.25, -0.2) is 8.42 Å². The van der Waals surface area contributed by atoms with Crippen molar-refractivity contribution in [3.8, 4) is 0 Å². The minimum atomic E-state index is -3.78. The van der Waals surface area contributed by atoms with Crippen molar-refractivity contribution in [3.63, 3.8) is 0 Å². The molecule has 0 saturated carbocycles. The first-order valence-electron chi connectivity index (χ1n) is 11.3. The van der Waals surface area contributed by atoms with E-state index in [1.54, 1.807) is 36.4 Å². The van der Waals surface area contributed by atoms with Crippen LogP contribution in [0.25, 0.3) is 12.2 Å². The second kappa shape index (κ2) is 12.9. The van der Waals surface area contributed by atoms with Gasteiger partial charge in [-0.3, -0.25) is 0 Å². The Morgan fingerprint density at radius 2 is 0.865 bits per heavy atom. The van der Waals surface area contributed by atoms with E-state index in [0.29, 0.717) is 21.2 Å². The third kappa shape index (κ3) is 7.69. The van der Waals surface area contributed by atoms with E-state index in [9.17, 15) is 8.42 Å². The smallest absolute Gasteiger partial charge is 0.171 e. The third-order valence-electron chi connectivity index (χ3n) is 5.77. The molecule has 2 unspecified atom stereocenters. The molecule has 0 N–H and O–H groups in total. The van der Waals surface area contributed by atoms with Crippen molar-refractivity contribution >= 4 is 90.4 Å². The minimum absolute atomic E-state index is 0.630. The Labute approximate surface area is 255 Å². The van der Waals surface area contributed by atoms with Gasteiger partial charge in [-0.05, 0) is 116 Å². The van der Waals surface area contributed by atoms with Crippen LogP contribution < -0.4 is 0 Å². The summed E-state index contributed by atoms with van der Waals surface area (Å²) in [5.74, 6) is 0. The summed E-state index contributed by atoms with van der Waals surface area (Å²) in [5.41, 5.74) is 3.16. The summed E-state index contributed by atoms with van der Waals surface area (Å²) in [6, 6.07) is 29.9. The maximum atomic E-state index is 14.4. The predicted molar refractivity (Wildman–Crippen MR) is 174 cm³/mol. The van der Waals surface area contributed by atoms with Gasteiger partial charge in [-0.2, -0.15) is 0 Å². The highest BCUT2D eigenvalue weighted by Crippen LogP contribution is 2.37. The highest BCUT2D eigenvalue weighted by atomic mass is 127. The predicted octanol–water partition coefficient (Wildman–Crippen LogP) is 9.83. The van der Waals surface area contributed by atoms with Gasteiger partial charge in [0.05, 0.1) is 0 Å².